The summed E-state index contributed by atoms with van der Waals surface area (Å²) in [5.74, 6) is -1.55. The van der Waals surface area contributed by atoms with Crippen molar-refractivity contribution in [1.29, 1.82) is 0 Å². The highest BCUT2D eigenvalue weighted by Crippen LogP contribution is 2.37. The molecule has 0 saturated carbocycles. The van der Waals surface area contributed by atoms with Crippen LogP contribution in [0.2, 0.25) is 5.02 Å². The Kier molecular flexibility index (Phi) is 5.01. The predicted molar refractivity (Wildman–Crippen MR) is 99.7 cm³/mol. The number of halogens is 6. The highest BCUT2D eigenvalue weighted by molar-refractivity contribution is 9.10. The molecule has 4 nitrogen and oxygen atoms in total. The predicted octanol–water partition coefficient (Wildman–Crippen LogP) is 5.33. The van der Waals surface area contributed by atoms with E-state index in [9.17, 15) is 17.6 Å². The number of hydrogen-bond acceptors (Lipinski definition) is 3. The van der Waals surface area contributed by atoms with Crippen molar-refractivity contribution >= 4 is 38.6 Å². The van der Waals surface area contributed by atoms with Crippen LogP contribution in [0.25, 0.3) is 11.0 Å². The fourth-order valence-electron chi connectivity index (χ4n) is 3.46. The summed E-state index contributed by atoms with van der Waals surface area (Å²) in [7, 11) is 1.78. The van der Waals surface area contributed by atoms with Gasteiger partial charge in [-0.25, -0.2) is 13.8 Å². The van der Waals surface area contributed by atoms with Gasteiger partial charge in [-0.05, 0) is 30.8 Å². The Labute approximate surface area is 170 Å². The van der Waals surface area contributed by atoms with Gasteiger partial charge in [-0.3, -0.25) is 4.90 Å². The van der Waals surface area contributed by atoms with E-state index in [0.717, 1.165) is 6.07 Å². The second kappa shape index (κ2) is 7.20. The van der Waals surface area contributed by atoms with Crippen LogP contribution >= 0.6 is 27.5 Å². The van der Waals surface area contributed by atoms with Crippen molar-refractivity contribution in [2.45, 2.75) is 26.2 Å². The Hall–Kier alpha value is -1.84. The molecule has 0 aliphatic carbocycles. The average molecular weight is 479 g/mol. The number of nitrogens with zero attached hydrogens (tertiary/aromatic N) is 3. The summed E-state index contributed by atoms with van der Waals surface area (Å²) in [5.41, 5.74) is 1.25. The van der Waals surface area contributed by atoms with Gasteiger partial charge >= 0.3 is 6.61 Å². The Morgan fingerprint density at radius 2 is 1.86 bits per heavy atom. The molecule has 0 saturated heterocycles. The molecule has 0 unspecified atom stereocenters. The summed E-state index contributed by atoms with van der Waals surface area (Å²) >= 11 is 9.46. The van der Waals surface area contributed by atoms with Gasteiger partial charge in [0.2, 0.25) is 0 Å². The van der Waals surface area contributed by atoms with E-state index >= 15 is 0 Å². The van der Waals surface area contributed by atoms with Crippen molar-refractivity contribution in [3.8, 4) is 5.75 Å². The lowest BCUT2D eigenvalue weighted by molar-refractivity contribution is -0.0529. The summed E-state index contributed by atoms with van der Waals surface area (Å²) in [4.78, 5) is 6.20. The van der Waals surface area contributed by atoms with Crippen LogP contribution in [0.4, 0.5) is 17.6 Å². The molecule has 0 fully saturated rings. The maximum absolute atomic E-state index is 14.4. The molecule has 0 spiro atoms. The van der Waals surface area contributed by atoms with Gasteiger partial charge in [-0.2, -0.15) is 8.78 Å². The first-order valence-corrected chi connectivity index (χ1v) is 9.39. The van der Waals surface area contributed by atoms with Gasteiger partial charge in [0, 0.05) is 21.6 Å². The molecule has 3 aromatic rings. The third-order valence-corrected chi connectivity index (χ3v) is 5.41. The second-order valence-electron chi connectivity index (χ2n) is 6.55. The van der Waals surface area contributed by atoms with Crippen LogP contribution < -0.4 is 4.74 Å². The van der Waals surface area contributed by atoms with E-state index < -0.39 is 24.0 Å². The highest BCUT2D eigenvalue weighted by atomic mass is 79.9. The topological polar surface area (TPSA) is 30.3 Å². The molecule has 1 aliphatic heterocycles. The van der Waals surface area contributed by atoms with Gasteiger partial charge in [0.1, 0.15) is 11.3 Å². The molecule has 0 atom stereocenters. The van der Waals surface area contributed by atoms with Crippen LogP contribution in [0.3, 0.4) is 0 Å². The average Bonchev–Trinajstić information content (AvgIpc) is 2.90. The molecule has 4 rings (SSSR count). The van der Waals surface area contributed by atoms with E-state index in [0.29, 0.717) is 27.9 Å². The van der Waals surface area contributed by atoms with E-state index in [2.05, 4.69) is 25.7 Å². The third-order valence-electron chi connectivity index (χ3n) is 4.61. The molecule has 1 aromatic heterocycles. The van der Waals surface area contributed by atoms with Gasteiger partial charge < -0.3 is 9.30 Å². The normalized spacial score (nSPS) is 14.7. The van der Waals surface area contributed by atoms with Crippen LogP contribution in [-0.4, -0.2) is 28.1 Å². The molecule has 0 amide bonds. The van der Waals surface area contributed by atoms with Crippen LogP contribution in [0.5, 0.6) is 5.75 Å². The zero-order chi connectivity index (χ0) is 20.2. The molecule has 2 aromatic carbocycles. The number of aromatic nitrogens is 2. The van der Waals surface area contributed by atoms with Gasteiger partial charge in [-0.15, -0.1) is 0 Å². The lowest BCUT2D eigenvalue weighted by Crippen LogP contribution is -2.25. The zero-order valence-corrected chi connectivity index (χ0v) is 16.8. The molecule has 0 radical (unpaired) electrons. The Bertz CT molecular complexity index is 1070. The second-order valence-corrected chi connectivity index (χ2v) is 7.87. The Balaban J connectivity index is 1.99. The summed E-state index contributed by atoms with van der Waals surface area (Å²) < 4.78 is 61.3. The van der Waals surface area contributed by atoms with Crippen molar-refractivity contribution in [2.24, 2.45) is 0 Å². The zero-order valence-electron chi connectivity index (χ0n) is 14.4. The first-order chi connectivity index (χ1) is 13.2. The fourth-order valence-corrected chi connectivity index (χ4v) is 4.15. The number of hydrogen-bond donors (Lipinski definition) is 0. The lowest BCUT2D eigenvalue weighted by Gasteiger charge is -2.26. The quantitative estimate of drug-likeness (QED) is 0.467. The summed E-state index contributed by atoms with van der Waals surface area (Å²) in [5, 5.41) is 0.112. The molecule has 1 aliphatic rings. The number of benzene rings is 2. The molecule has 2 heterocycles. The molecule has 0 bridgehead atoms. The van der Waals surface area contributed by atoms with Gasteiger partial charge in [-0.1, -0.05) is 27.5 Å². The van der Waals surface area contributed by atoms with Crippen molar-refractivity contribution in [3.05, 3.63) is 56.3 Å². The molecular weight excluding hydrogens is 466 g/mol. The summed E-state index contributed by atoms with van der Waals surface area (Å²) in [6.07, 6.45) is 0. The minimum Gasteiger partial charge on any atom is -0.431 e. The fraction of sp³-hybridized carbons (Fsp3) is 0.278. The van der Waals surface area contributed by atoms with E-state index in [4.69, 9.17) is 11.6 Å². The Morgan fingerprint density at radius 3 is 2.57 bits per heavy atom. The van der Waals surface area contributed by atoms with E-state index in [1.54, 1.807) is 17.7 Å². The molecule has 148 valence electrons. The molecular formula is C18H13BrClF4N3O. The largest absolute Gasteiger partial charge is 0.431 e. The van der Waals surface area contributed by atoms with Crippen molar-refractivity contribution < 1.29 is 22.3 Å². The van der Waals surface area contributed by atoms with Crippen molar-refractivity contribution in [2.75, 3.05) is 7.05 Å². The summed E-state index contributed by atoms with van der Waals surface area (Å²) in [6.45, 7) is -2.61. The standard InChI is InChI=1S/C18H13BrClF4N3O/c1-26-5-9-10(17(28-18(23)24)13(22)4-11(9)20)6-27-14-3-8(19)2-12(21)16(14)25-15(27)7-26/h2-4,18H,5-7H2,1H3. The van der Waals surface area contributed by atoms with E-state index in [1.165, 1.54) is 6.07 Å². The molecule has 28 heavy (non-hydrogen) atoms. The number of imidazole rings is 1. The number of alkyl halides is 2. The first kappa shape index (κ1) is 19.5. The van der Waals surface area contributed by atoms with Gasteiger partial charge in [0.15, 0.2) is 17.4 Å². The monoisotopic (exact) mass is 477 g/mol. The van der Waals surface area contributed by atoms with E-state index in [-0.39, 0.29) is 29.2 Å². The van der Waals surface area contributed by atoms with Crippen LogP contribution in [-0.2, 0) is 19.6 Å². The molecule has 10 heteroatoms. The number of fused-ring (bicyclic) bond motifs is 4. The lowest BCUT2D eigenvalue weighted by atomic mass is 10.0. The molecule has 0 N–H and O–H groups in total. The summed E-state index contributed by atoms with van der Waals surface area (Å²) in [6, 6.07) is 3.93. The SMILES string of the molecule is CN1Cc2c(Cl)cc(F)c(OC(F)F)c2Cn2c(nc3c(F)cc(Br)cc32)C1. The minimum atomic E-state index is -3.20. The highest BCUT2D eigenvalue weighted by Gasteiger charge is 2.27. The maximum atomic E-state index is 14.4. The smallest absolute Gasteiger partial charge is 0.387 e. The van der Waals surface area contributed by atoms with Gasteiger partial charge in [0.25, 0.3) is 0 Å². The van der Waals surface area contributed by atoms with E-state index in [1.807, 2.05) is 4.90 Å². The van der Waals surface area contributed by atoms with Crippen LogP contribution in [0.1, 0.15) is 17.0 Å². The van der Waals surface area contributed by atoms with Crippen molar-refractivity contribution in [3.63, 3.8) is 0 Å². The third kappa shape index (κ3) is 3.35. The first-order valence-electron chi connectivity index (χ1n) is 8.22. The maximum Gasteiger partial charge on any atom is 0.387 e. The number of rotatable bonds is 2. The number of ether oxygens (including phenoxy) is 1. The van der Waals surface area contributed by atoms with Gasteiger partial charge in [0.05, 0.1) is 18.6 Å². The van der Waals surface area contributed by atoms with Crippen molar-refractivity contribution in [1.82, 2.24) is 14.5 Å². The van der Waals surface area contributed by atoms with Crippen LogP contribution in [0.15, 0.2) is 22.7 Å². The van der Waals surface area contributed by atoms with Crippen LogP contribution in [0, 0.1) is 11.6 Å². The Morgan fingerprint density at radius 1 is 1.11 bits per heavy atom. The minimum absolute atomic E-state index is 0.0373.